The van der Waals surface area contributed by atoms with E-state index in [0.29, 0.717) is 23.0 Å². The predicted octanol–water partition coefficient (Wildman–Crippen LogP) is 3.45. The Kier molecular flexibility index (Phi) is 6.36. The van der Waals surface area contributed by atoms with Crippen molar-refractivity contribution in [3.8, 4) is 0 Å². The molecule has 10 heteroatoms. The first-order chi connectivity index (χ1) is 15.5. The Hall–Kier alpha value is -3.46. The molecular formula is C22H23ClN6O3. The number of benzene rings is 1. The topological polar surface area (TPSA) is 109 Å². The number of carbonyl (C=O) groups is 2. The van der Waals surface area contributed by atoms with Crippen molar-refractivity contribution in [2.75, 3.05) is 29.9 Å². The number of nitrogens with zero attached hydrogens (tertiary/aromatic N) is 4. The molecule has 2 aliphatic heterocycles. The van der Waals surface area contributed by atoms with Crippen LogP contribution >= 0.6 is 11.6 Å². The lowest BCUT2D eigenvalue weighted by molar-refractivity contribution is -0.137. The lowest BCUT2D eigenvalue weighted by Crippen LogP contribution is -2.36. The summed E-state index contributed by atoms with van der Waals surface area (Å²) in [6.07, 6.45) is 3.50. The maximum atomic E-state index is 13.2. The molecule has 166 valence electrons. The summed E-state index contributed by atoms with van der Waals surface area (Å²) in [5.41, 5.74) is 1.90. The van der Waals surface area contributed by atoms with Crippen molar-refractivity contribution in [3.63, 3.8) is 0 Å². The molecule has 4 rings (SSSR count). The fourth-order valence-electron chi connectivity index (χ4n) is 3.59. The largest absolute Gasteiger partial charge is 0.462 e. The van der Waals surface area contributed by atoms with Crippen LogP contribution in [0.2, 0.25) is 5.02 Å². The van der Waals surface area contributed by atoms with Crippen LogP contribution in [0.5, 0.6) is 0 Å². The molecule has 1 saturated heterocycles. The monoisotopic (exact) mass is 454 g/mol. The van der Waals surface area contributed by atoms with Crippen LogP contribution in [0.15, 0.2) is 46.7 Å². The number of carbonyl (C=O) groups excluding carboxylic acids is 2. The molecule has 2 aliphatic rings. The van der Waals surface area contributed by atoms with Crippen LogP contribution in [-0.2, 0) is 9.53 Å². The minimum atomic E-state index is -0.601. The van der Waals surface area contributed by atoms with E-state index in [2.05, 4.69) is 25.6 Å². The van der Waals surface area contributed by atoms with E-state index in [0.717, 1.165) is 25.9 Å². The zero-order chi connectivity index (χ0) is 22.7. The van der Waals surface area contributed by atoms with Gasteiger partial charge in [0.15, 0.2) is 5.69 Å². The highest BCUT2D eigenvalue weighted by Gasteiger charge is 2.28. The summed E-state index contributed by atoms with van der Waals surface area (Å²) in [4.78, 5) is 41.1. The van der Waals surface area contributed by atoms with Crippen molar-refractivity contribution in [2.45, 2.75) is 26.7 Å². The number of aliphatic imine (C=N–C) groups is 1. The van der Waals surface area contributed by atoms with Gasteiger partial charge in [0.25, 0.3) is 5.91 Å². The average molecular weight is 455 g/mol. The van der Waals surface area contributed by atoms with E-state index in [9.17, 15) is 9.59 Å². The molecule has 0 unspecified atom stereocenters. The van der Waals surface area contributed by atoms with Crippen LogP contribution in [-0.4, -0.2) is 47.4 Å². The lowest BCUT2D eigenvalue weighted by atomic mass is 10.2. The fourth-order valence-corrected chi connectivity index (χ4v) is 3.77. The Balaban J connectivity index is 1.71. The Morgan fingerprint density at radius 2 is 2.00 bits per heavy atom. The minimum Gasteiger partial charge on any atom is -0.462 e. The number of nitrogens with one attached hydrogen (secondary N) is 2. The molecule has 32 heavy (non-hydrogen) atoms. The first-order valence-corrected chi connectivity index (χ1v) is 10.8. The normalized spacial score (nSPS) is 15.5. The number of hydrogen-bond acceptors (Lipinski definition) is 8. The minimum absolute atomic E-state index is 0.0117. The van der Waals surface area contributed by atoms with Crippen molar-refractivity contribution in [1.29, 1.82) is 0 Å². The van der Waals surface area contributed by atoms with Crippen molar-refractivity contribution in [1.82, 2.24) is 15.3 Å². The van der Waals surface area contributed by atoms with Crippen molar-refractivity contribution in [2.24, 2.45) is 4.99 Å². The summed E-state index contributed by atoms with van der Waals surface area (Å²) < 4.78 is 5.21. The Morgan fingerprint density at radius 1 is 1.25 bits per heavy atom. The Morgan fingerprint density at radius 3 is 2.75 bits per heavy atom. The third-order valence-electron chi connectivity index (χ3n) is 5.12. The van der Waals surface area contributed by atoms with Gasteiger partial charge in [0.1, 0.15) is 11.4 Å². The van der Waals surface area contributed by atoms with Crippen molar-refractivity contribution >= 4 is 46.6 Å². The van der Waals surface area contributed by atoms with Crippen LogP contribution in [0.25, 0.3) is 0 Å². The number of esters is 1. The number of allylic oxidation sites excluding steroid dienone is 1. The summed E-state index contributed by atoms with van der Waals surface area (Å²) in [5.74, 6) is -0.688. The summed E-state index contributed by atoms with van der Waals surface area (Å²) in [7, 11) is 0. The summed E-state index contributed by atoms with van der Waals surface area (Å²) in [5, 5.41) is 5.99. The number of rotatable bonds is 4. The van der Waals surface area contributed by atoms with E-state index in [1.165, 1.54) is 6.20 Å². The molecule has 0 spiro atoms. The third-order valence-corrected chi connectivity index (χ3v) is 5.39. The molecule has 1 fully saturated rings. The van der Waals surface area contributed by atoms with Gasteiger partial charge >= 0.3 is 5.97 Å². The summed E-state index contributed by atoms with van der Waals surface area (Å²) in [6, 6.07) is 7.28. The molecule has 1 aromatic heterocycles. The first kappa shape index (κ1) is 21.8. The quantitative estimate of drug-likeness (QED) is 0.681. The molecule has 1 amide bonds. The van der Waals surface area contributed by atoms with Gasteiger partial charge in [-0.3, -0.25) is 4.79 Å². The van der Waals surface area contributed by atoms with E-state index in [1.807, 2.05) is 23.1 Å². The maximum absolute atomic E-state index is 13.2. The molecule has 2 aromatic rings. The molecule has 0 aliphatic carbocycles. The summed E-state index contributed by atoms with van der Waals surface area (Å²) in [6.45, 7) is 5.27. The highest BCUT2D eigenvalue weighted by atomic mass is 35.5. The standard InChI is InChI=1S/C22H23ClN6O3/c1-3-32-21(31)17-13(2)25-15-8-4-5-9-16(15)26-19(17)28-20(30)18-14(23)12-24-22(27-18)29-10-6-7-11-29/h4-5,8-9,12,25H,3,6-7,10-11H2,1-2H3,(H,26,28,30). The van der Waals surface area contributed by atoms with Gasteiger partial charge in [-0.25, -0.2) is 19.8 Å². The fraction of sp³-hybridized carbons (Fsp3) is 0.318. The maximum Gasteiger partial charge on any atom is 0.343 e. The Bertz CT molecular complexity index is 1120. The van der Waals surface area contributed by atoms with Gasteiger partial charge in [-0.2, -0.15) is 0 Å². The first-order valence-electron chi connectivity index (χ1n) is 10.4. The number of para-hydroxylation sites is 2. The second-order valence-electron chi connectivity index (χ2n) is 7.34. The molecule has 3 heterocycles. The van der Waals surface area contributed by atoms with Gasteiger partial charge in [0.2, 0.25) is 5.95 Å². The molecule has 2 N–H and O–H groups in total. The lowest BCUT2D eigenvalue weighted by Gasteiger charge is -2.16. The molecule has 0 saturated carbocycles. The smallest absolute Gasteiger partial charge is 0.343 e. The van der Waals surface area contributed by atoms with Gasteiger partial charge in [-0.1, -0.05) is 23.7 Å². The van der Waals surface area contributed by atoms with E-state index < -0.39 is 11.9 Å². The predicted molar refractivity (Wildman–Crippen MR) is 122 cm³/mol. The number of halogens is 1. The van der Waals surface area contributed by atoms with Crippen LogP contribution in [0, 0.1) is 0 Å². The second kappa shape index (κ2) is 9.35. The number of amidine groups is 1. The van der Waals surface area contributed by atoms with Crippen LogP contribution < -0.4 is 15.5 Å². The number of aromatic nitrogens is 2. The second-order valence-corrected chi connectivity index (χ2v) is 7.75. The number of fused-ring (bicyclic) bond motifs is 1. The average Bonchev–Trinajstić information content (AvgIpc) is 3.26. The highest BCUT2D eigenvalue weighted by Crippen LogP contribution is 2.30. The van der Waals surface area contributed by atoms with Gasteiger partial charge in [0, 0.05) is 18.8 Å². The van der Waals surface area contributed by atoms with E-state index in [4.69, 9.17) is 16.3 Å². The molecule has 1 aromatic carbocycles. The summed E-state index contributed by atoms with van der Waals surface area (Å²) >= 11 is 6.25. The number of anilines is 2. The SMILES string of the molecule is CCOC(=O)C1=C(C)Nc2ccccc2N=C1NC(=O)c1nc(N2CCCC2)ncc1Cl. The zero-order valence-corrected chi connectivity index (χ0v) is 18.6. The number of amides is 1. The van der Waals surface area contributed by atoms with Crippen molar-refractivity contribution < 1.29 is 14.3 Å². The molecule has 0 bridgehead atoms. The molecule has 0 atom stereocenters. The molecule has 9 nitrogen and oxygen atoms in total. The van der Waals surface area contributed by atoms with E-state index in [-0.39, 0.29) is 28.7 Å². The van der Waals surface area contributed by atoms with Gasteiger partial charge < -0.3 is 20.3 Å². The molecular weight excluding hydrogens is 432 g/mol. The van der Waals surface area contributed by atoms with Crippen LogP contribution in [0.4, 0.5) is 17.3 Å². The number of ether oxygens (including phenoxy) is 1. The highest BCUT2D eigenvalue weighted by molar-refractivity contribution is 6.34. The van der Waals surface area contributed by atoms with Gasteiger partial charge in [0.05, 0.1) is 29.2 Å². The van der Waals surface area contributed by atoms with E-state index in [1.54, 1.807) is 19.9 Å². The van der Waals surface area contributed by atoms with E-state index >= 15 is 0 Å². The number of hydrogen-bond donors (Lipinski definition) is 2. The van der Waals surface area contributed by atoms with Gasteiger partial charge in [-0.05, 0) is 38.8 Å². The van der Waals surface area contributed by atoms with Crippen LogP contribution in [0.3, 0.4) is 0 Å². The van der Waals surface area contributed by atoms with Crippen molar-refractivity contribution in [3.05, 3.63) is 52.4 Å². The molecule has 0 radical (unpaired) electrons. The zero-order valence-electron chi connectivity index (χ0n) is 17.8. The van der Waals surface area contributed by atoms with Crippen LogP contribution in [0.1, 0.15) is 37.2 Å². The Labute approximate surface area is 190 Å². The van der Waals surface area contributed by atoms with Gasteiger partial charge in [-0.15, -0.1) is 0 Å². The third kappa shape index (κ3) is 4.43.